The Kier molecular flexibility index (Phi) is 5.04. The zero-order chi connectivity index (χ0) is 14.5. The van der Waals surface area contributed by atoms with E-state index in [4.69, 9.17) is 10.7 Å². The van der Waals surface area contributed by atoms with Crippen LogP contribution in [-0.2, 0) is 0 Å². The molecule has 2 saturated carbocycles. The average molecular weight is 288 g/mol. The van der Waals surface area contributed by atoms with Crippen molar-refractivity contribution in [3.05, 3.63) is 11.6 Å². The third-order valence-corrected chi connectivity index (χ3v) is 5.13. The van der Waals surface area contributed by atoms with Crippen LogP contribution in [0.5, 0.6) is 0 Å². The average Bonchev–Trinajstić information content (AvgIpc) is 2.92. The molecule has 21 heavy (non-hydrogen) atoms. The molecule has 0 amide bonds. The van der Waals surface area contributed by atoms with Gasteiger partial charge in [-0.2, -0.15) is 9.97 Å². The van der Waals surface area contributed by atoms with E-state index in [1.807, 2.05) is 0 Å². The van der Waals surface area contributed by atoms with Gasteiger partial charge < -0.3 is 5.73 Å². The molecule has 2 aliphatic rings. The van der Waals surface area contributed by atoms with Gasteiger partial charge in [-0.3, -0.25) is 0 Å². The van der Waals surface area contributed by atoms with Gasteiger partial charge in [-0.25, -0.2) is 4.98 Å². The van der Waals surface area contributed by atoms with Gasteiger partial charge in [0, 0.05) is 11.8 Å². The Morgan fingerprint density at radius 3 is 1.33 bits per heavy atom. The van der Waals surface area contributed by atoms with Crippen molar-refractivity contribution in [1.29, 1.82) is 0 Å². The third-order valence-electron chi connectivity index (χ3n) is 5.13. The van der Waals surface area contributed by atoms with Crippen LogP contribution < -0.4 is 5.73 Å². The molecule has 2 aliphatic carbocycles. The van der Waals surface area contributed by atoms with Gasteiger partial charge in [0.25, 0.3) is 0 Å². The number of nitrogens with zero attached hydrogens (tertiary/aromatic N) is 3. The fourth-order valence-corrected chi connectivity index (χ4v) is 3.87. The fourth-order valence-electron chi connectivity index (χ4n) is 3.87. The van der Waals surface area contributed by atoms with Crippen LogP contribution in [0.4, 0.5) is 5.95 Å². The maximum absolute atomic E-state index is 5.99. The topological polar surface area (TPSA) is 64.7 Å². The van der Waals surface area contributed by atoms with Crippen molar-refractivity contribution in [2.24, 2.45) is 0 Å². The van der Waals surface area contributed by atoms with Crippen molar-refractivity contribution in [3.8, 4) is 0 Å². The Labute approximate surface area is 128 Å². The summed E-state index contributed by atoms with van der Waals surface area (Å²) < 4.78 is 0. The quantitative estimate of drug-likeness (QED) is 0.823. The minimum atomic E-state index is 0.434. The lowest BCUT2D eigenvalue weighted by molar-refractivity contribution is 0.524. The zero-order valence-corrected chi connectivity index (χ0v) is 13.1. The third kappa shape index (κ3) is 3.92. The second-order valence-corrected chi connectivity index (χ2v) is 6.79. The maximum atomic E-state index is 5.99. The highest BCUT2D eigenvalue weighted by atomic mass is 15.1. The van der Waals surface area contributed by atoms with E-state index in [2.05, 4.69) is 9.97 Å². The van der Waals surface area contributed by atoms with Crippen LogP contribution in [0.3, 0.4) is 0 Å². The Morgan fingerprint density at radius 1 is 0.571 bits per heavy atom. The molecule has 1 aromatic heterocycles. The normalized spacial score (nSPS) is 22.7. The smallest absolute Gasteiger partial charge is 0.223 e. The Balaban J connectivity index is 1.80. The predicted molar refractivity (Wildman–Crippen MR) is 85.1 cm³/mol. The Hall–Kier alpha value is -1.19. The van der Waals surface area contributed by atoms with Gasteiger partial charge in [0.05, 0.1) is 0 Å². The van der Waals surface area contributed by atoms with Crippen LogP contribution in [-0.4, -0.2) is 15.0 Å². The molecule has 0 unspecified atom stereocenters. The molecule has 0 radical (unpaired) electrons. The van der Waals surface area contributed by atoms with Gasteiger partial charge >= 0.3 is 0 Å². The second kappa shape index (κ2) is 7.19. The molecule has 0 aromatic carbocycles. The summed E-state index contributed by atoms with van der Waals surface area (Å²) in [4.78, 5) is 13.8. The summed E-state index contributed by atoms with van der Waals surface area (Å²) in [5.41, 5.74) is 5.99. The molecule has 0 spiro atoms. The zero-order valence-electron chi connectivity index (χ0n) is 13.1. The first-order chi connectivity index (χ1) is 10.3. The van der Waals surface area contributed by atoms with Gasteiger partial charge in [-0.05, 0) is 25.7 Å². The van der Waals surface area contributed by atoms with E-state index in [-0.39, 0.29) is 0 Å². The van der Waals surface area contributed by atoms with Crippen LogP contribution in [0.2, 0.25) is 0 Å². The number of anilines is 1. The molecule has 0 saturated heterocycles. The lowest BCUT2D eigenvalue weighted by Gasteiger charge is -2.17. The first kappa shape index (κ1) is 14.7. The standard InChI is InChI=1S/C17H28N4/c18-17-20-15(13-9-5-1-2-6-10-13)19-16(21-17)14-11-7-3-4-8-12-14/h13-14H,1-12H2,(H2,18,19,20,21). The van der Waals surface area contributed by atoms with E-state index >= 15 is 0 Å². The van der Waals surface area contributed by atoms with Crippen molar-refractivity contribution < 1.29 is 0 Å². The number of hydrogen-bond donors (Lipinski definition) is 1. The molecule has 4 heteroatoms. The predicted octanol–water partition coefficient (Wildman–Crippen LogP) is 4.33. The molecular formula is C17H28N4. The van der Waals surface area contributed by atoms with Gasteiger partial charge in [0.1, 0.15) is 11.6 Å². The first-order valence-corrected chi connectivity index (χ1v) is 8.84. The van der Waals surface area contributed by atoms with Crippen LogP contribution in [0.25, 0.3) is 0 Å². The van der Waals surface area contributed by atoms with E-state index in [0.29, 0.717) is 17.8 Å². The Morgan fingerprint density at radius 2 is 0.952 bits per heavy atom. The van der Waals surface area contributed by atoms with E-state index in [0.717, 1.165) is 11.6 Å². The second-order valence-electron chi connectivity index (χ2n) is 6.79. The SMILES string of the molecule is Nc1nc(C2CCCCCC2)nc(C2CCCCCC2)n1. The van der Waals surface area contributed by atoms with Gasteiger partial charge in [-0.1, -0.05) is 51.4 Å². The van der Waals surface area contributed by atoms with Gasteiger partial charge in [-0.15, -0.1) is 0 Å². The van der Waals surface area contributed by atoms with Crippen molar-refractivity contribution in [3.63, 3.8) is 0 Å². The minimum absolute atomic E-state index is 0.434. The maximum Gasteiger partial charge on any atom is 0.223 e. The molecule has 116 valence electrons. The number of hydrogen-bond acceptors (Lipinski definition) is 4. The highest BCUT2D eigenvalue weighted by Gasteiger charge is 2.22. The Bertz CT molecular complexity index is 406. The van der Waals surface area contributed by atoms with Crippen molar-refractivity contribution in [1.82, 2.24) is 15.0 Å². The summed E-state index contributed by atoms with van der Waals surface area (Å²) in [6.07, 6.45) is 15.5. The monoisotopic (exact) mass is 288 g/mol. The van der Waals surface area contributed by atoms with Crippen molar-refractivity contribution in [2.45, 2.75) is 88.9 Å². The van der Waals surface area contributed by atoms with Crippen LogP contribution in [0, 0.1) is 0 Å². The molecule has 1 heterocycles. The molecule has 2 N–H and O–H groups in total. The summed E-state index contributed by atoms with van der Waals surface area (Å²) >= 11 is 0. The first-order valence-electron chi connectivity index (χ1n) is 8.84. The summed E-state index contributed by atoms with van der Waals surface area (Å²) in [6.45, 7) is 0. The molecule has 0 atom stereocenters. The highest BCUT2D eigenvalue weighted by molar-refractivity contribution is 5.19. The van der Waals surface area contributed by atoms with Gasteiger partial charge in [0.2, 0.25) is 5.95 Å². The summed E-state index contributed by atoms with van der Waals surface area (Å²) in [7, 11) is 0. The van der Waals surface area contributed by atoms with E-state index in [1.54, 1.807) is 0 Å². The largest absolute Gasteiger partial charge is 0.368 e. The number of nitrogen functional groups attached to an aromatic ring is 1. The highest BCUT2D eigenvalue weighted by Crippen LogP contribution is 2.33. The van der Waals surface area contributed by atoms with Gasteiger partial charge in [0.15, 0.2) is 0 Å². The number of aromatic nitrogens is 3. The lowest BCUT2D eigenvalue weighted by Crippen LogP contribution is -2.13. The van der Waals surface area contributed by atoms with Crippen molar-refractivity contribution >= 4 is 5.95 Å². The van der Waals surface area contributed by atoms with Crippen molar-refractivity contribution in [2.75, 3.05) is 5.73 Å². The number of nitrogens with two attached hydrogens (primary N) is 1. The molecule has 0 aliphatic heterocycles. The molecular weight excluding hydrogens is 260 g/mol. The lowest BCUT2D eigenvalue weighted by atomic mass is 9.97. The summed E-state index contributed by atoms with van der Waals surface area (Å²) in [6, 6.07) is 0. The minimum Gasteiger partial charge on any atom is -0.368 e. The fraction of sp³-hybridized carbons (Fsp3) is 0.824. The number of rotatable bonds is 2. The van der Waals surface area contributed by atoms with E-state index < -0.39 is 0 Å². The van der Waals surface area contributed by atoms with E-state index in [1.165, 1.54) is 77.0 Å². The molecule has 2 fully saturated rings. The molecule has 1 aromatic rings. The molecule has 4 nitrogen and oxygen atoms in total. The van der Waals surface area contributed by atoms with Crippen LogP contribution in [0.15, 0.2) is 0 Å². The van der Waals surface area contributed by atoms with Crippen LogP contribution in [0.1, 0.15) is 101 Å². The van der Waals surface area contributed by atoms with Crippen LogP contribution >= 0.6 is 0 Å². The summed E-state index contributed by atoms with van der Waals surface area (Å²) in [5, 5.41) is 0. The molecule has 3 rings (SSSR count). The molecule has 0 bridgehead atoms. The van der Waals surface area contributed by atoms with E-state index in [9.17, 15) is 0 Å². The summed E-state index contributed by atoms with van der Waals surface area (Å²) in [5.74, 6) is 3.39.